The lowest BCUT2D eigenvalue weighted by molar-refractivity contribution is -0.137. The summed E-state index contributed by atoms with van der Waals surface area (Å²) < 4.78 is 37.5. The number of carbonyl (C=O) groups is 2. The number of hydrogen-bond acceptors (Lipinski definition) is 4. The highest BCUT2D eigenvalue weighted by atomic mass is 32.2. The third-order valence-electron chi connectivity index (χ3n) is 2.43. The van der Waals surface area contributed by atoms with Crippen LogP contribution in [0.25, 0.3) is 0 Å². The highest BCUT2D eigenvalue weighted by Gasteiger charge is 2.31. The van der Waals surface area contributed by atoms with Gasteiger partial charge in [0, 0.05) is 0 Å². The Morgan fingerprint density at radius 1 is 1.32 bits per heavy atom. The summed E-state index contributed by atoms with van der Waals surface area (Å²) in [6, 6.07) is 4.09. The van der Waals surface area contributed by atoms with Crippen molar-refractivity contribution in [3.8, 4) is 0 Å². The molecule has 1 unspecified atom stereocenters. The Morgan fingerprint density at radius 3 is 2.36 bits per heavy atom. The van der Waals surface area contributed by atoms with Gasteiger partial charge in [-0.1, -0.05) is 30.0 Å². The summed E-state index contributed by atoms with van der Waals surface area (Å²) in [5.41, 5.74) is 13.6. The van der Waals surface area contributed by atoms with Gasteiger partial charge in [-0.25, -0.2) is 4.79 Å². The molecule has 1 aliphatic rings. The van der Waals surface area contributed by atoms with Gasteiger partial charge in [-0.3, -0.25) is 4.79 Å². The molecule has 2 rings (SSSR count). The minimum absolute atomic E-state index is 0.164. The van der Waals surface area contributed by atoms with Crippen LogP contribution in [0.3, 0.4) is 0 Å². The van der Waals surface area contributed by atoms with Gasteiger partial charge in [0.05, 0.1) is 10.8 Å². The number of urea groups is 1. The number of thioether (sulfide) groups is 1. The van der Waals surface area contributed by atoms with Gasteiger partial charge < -0.3 is 17.2 Å². The molecule has 6 nitrogen and oxygen atoms in total. The van der Waals surface area contributed by atoms with Crippen LogP contribution >= 0.6 is 11.8 Å². The van der Waals surface area contributed by atoms with E-state index in [1.807, 2.05) is 0 Å². The monoisotopic (exact) mass is 334 g/mol. The van der Waals surface area contributed by atoms with E-state index in [9.17, 15) is 18.0 Å². The normalized spacial score (nSPS) is 17.5. The molecule has 0 saturated heterocycles. The number of primary amides is 2. The fourth-order valence-corrected chi connectivity index (χ4v) is 2.48. The molecular weight excluding hydrogens is 321 g/mol. The first-order chi connectivity index (χ1) is 10.1. The quantitative estimate of drug-likeness (QED) is 0.752. The van der Waals surface area contributed by atoms with Crippen molar-refractivity contribution in [1.82, 2.24) is 0 Å². The number of rotatable bonds is 2. The maximum Gasteiger partial charge on any atom is 0.416 e. The van der Waals surface area contributed by atoms with Crippen LogP contribution in [-0.2, 0) is 17.4 Å². The highest BCUT2D eigenvalue weighted by molar-refractivity contribution is 8.15. The van der Waals surface area contributed by atoms with Gasteiger partial charge in [0.25, 0.3) is 5.91 Å². The largest absolute Gasteiger partial charge is 0.416 e. The van der Waals surface area contributed by atoms with Gasteiger partial charge in [-0.2, -0.15) is 18.2 Å². The van der Waals surface area contributed by atoms with E-state index in [4.69, 9.17) is 10.5 Å². The molecule has 1 atom stereocenters. The summed E-state index contributed by atoms with van der Waals surface area (Å²) in [5, 5.41) is -0.356. The van der Waals surface area contributed by atoms with Crippen LogP contribution in [0.4, 0.5) is 18.0 Å². The highest BCUT2D eigenvalue weighted by Crippen LogP contribution is 2.31. The number of benzene rings is 1. The fourth-order valence-electron chi connectivity index (χ4n) is 1.62. The van der Waals surface area contributed by atoms with Crippen LogP contribution in [0.2, 0.25) is 0 Å². The lowest BCUT2D eigenvalue weighted by Crippen LogP contribution is -2.18. The smallest absolute Gasteiger partial charge is 0.378 e. The molecule has 22 heavy (non-hydrogen) atoms. The van der Waals surface area contributed by atoms with Crippen molar-refractivity contribution in [2.75, 3.05) is 0 Å². The molecule has 0 spiro atoms. The minimum atomic E-state index is -4.38. The van der Waals surface area contributed by atoms with E-state index >= 15 is 0 Å². The maximum absolute atomic E-state index is 12.5. The summed E-state index contributed by atoms with van der Waals surface area (Å²) in [7, 11) is 0. The van der Waals surface area contributed by atoms with Gasteiger partial charge in [-0.05, 0) is 18.1 Å². The molecule has 0 radical (unpaired) electrons. The number of aliphatic imine (C=N–C) groups is 1. The zero-order valence-corrected chi connectivity index (χ0v) is 11.9. The van der Waals surface area contributed by atoms with Crippen molar-refractivity contribution < 1.29 is 22.8 Å². The predicted molar refractivity (Wildman–Crippen MR) is 76.9 cm³/mol. The lowest BCUT2D eigenvalue weighted by atomic mass is 10.1. The van der Waals surface area contributed by atoms with Crippen LogP contribution in [0.5, 0.6) is 0 Å². The van der Waals surface area contributed by atoms with Gasteiger partial charge in [0.1, 0.15) is 0 Å². The Balaban J connectivity index is 0.000000541. The summed E-state index contributed by atoms with van der Waals surface area (Å²) in [5.74, 6) is -0.394. The van der Waals surface area contributed by atoms with Crippen LogP contribution in [0, 0.1) is 0 Å². The molecule has 1 aromatic carbocycles. The predicted octanol–water partition coefficient (Wildman–Crippen LogP) is 1.23. The van der Waals surface area contributed by atoms with Crippen LogP contribution in [0.15, 0.2) is 29.3 Å². The van der Waals surface area contributed by atoms with Crippen molar-refractivity contribution in [3.63, 3.8) is 0 Å². The topological polar surface area (TPSA) is 125 Å². The average molecular weight is 334 g/mol. The van der Waals surface area contributed by atoms with E-state index in [-0.39, 0.29) is 11.6 Å². The molecule has 0 aromatic heterocycles. The molecule has 0 aliphatic carbocycles. The van der Waals surface area contributed by atoms with Crippen molar-refractivity contribution >= 4 is 28.9 Å². The van der Waals surface area contributed by atoms with Crippen LogP contribution in [0.1, 0.15) is 11.1 Å². The third kappa shape index (κ3) is 5.64. The van der Waals surface area contributed by atoms with E-state index in [1.54, 1.807) is 6.07 Å². The number of amides is 3. The van der Waals surface area contributed by atoms with Gasteiger partial charge in [-0.15, -0.1) is 0 Å². The van der Waals surface area contributed by atoms with Gasteiger partial charge >= 0.3 is 12.2 Å². The minimum Gasteiger partial charge on any atom is -0.378 e. The number of hydrogen-bond donors (Lipinski definition) is 3. The first-order valence-corrected chi connectivity index (χ1v) is 6.73. The zero-order valence-electron chi connectivity index (χ0n) is 11.1. The molecule has 0 fully saturated rings. The second-order valence-corrected chi connectivity index (χ2v) is 5.42. The number of amidine groups is 1. The molecule has 3 amide bonds. The SMILES string of the molecule is NC(N)=O.NC1=NC(=O)C(Cc2cccc(C(F)(F)F)c2)S1. The molecule has 0 bridgehead atoms. The Hall–Kier alpha value is -2.23. The van der Waals surface area contributed by atoms with E-state index in [0.29, 0.717) is 5.56 Å². The standard InChI is InChI=1S/C11H9F3N2OS.CH4N2O/c12-11(13,14)7-3-1-2-6(4-7)5-8-9(17)16-10(15)18-8;2-1(3)4/h1-4,8H,5H2,(H2,15,16,17);(H4,2,3,4). The first kappa shape index (κ1) is 17.8. The Kier molecular flexibility index (Phi) is 5.80. The van der Waals surface area contributed by atoms with E-state index < -0.39 is 28.9 Å². The van der Waals surface area contributed by atoms with Gasteiger partial charge in [0.15, 0.2) is 5.17 Å². The molecule has 10 heteroatoms. The number of nitrogens with two attached hydrogens (primary N) is 3. The van der Waals surface area contributed by atoms with E-state index in [0.717, 1.165) is 23.9 Å². The Labute approximate surface area is 127 Å². The number of alkyl halides is 3. The number of carbonyl (C=O) groups excluding carboxylic acids is 2. The summed E-state index contributed by atoms with van der Waals surface area (Å²) in [4.78, 5) is 23.9. The lowest BCUT2D eigenvalue weighted by Gasteiger charge is -2.10. The summed E-state index contributed by atoms with van der Waals surface area (Å²) >= 11 is 1.08. The second kappa shape index (κ2) is 7.16. The third-order valence-corrected chi connectivity index (χ3v) is 3.42. The van der Waals surface area contributed by atoms with E-state index in [2.05, 4.69) is 16.5 Å². The maximum atomic E-state index is 12.5. The Morgan fingerprint density at radius 2 is 1.91 bits per heavy atom. The van der Waals surface area contributed by atoms with Crippen molar-refractivity contribution in [3.05, 3.63) is 35.4 Å². The van der Waals surface area contributed by atoms with Crippen molar-refractivity contribution in [2.24, 2.45) is 22.2 Å². The number of halogens is 3. The zero-order chi connectivity index (χ0) is 16.9. The Bertz CT molecular complexity index is 600. The second-order valence-electron chi connectivity index (χ2n) is 4.20. The average Bonchev–Trinajstić information content (AvgIpc) is 2.66. The van der Waals surface area contributed by atoms with Gasteiger partial charge in [0.2, 0.25) is 0 Å². The first-order valence-electron chi connectivity index (χ1n) is 5.85. The molecule has 120 valence electrons. The molecule has 0 saturated carbocycles. The van der Waals surface area contributed by atoms with Crippen LogP contribution in [-0.4, -0.2) is 22.4 Å². The summed E-state index contributed by atoms with van der Waals surface area (Å²) in [6.45, 7) is 0. The molecule has 1 heterocycles. The summed E-state index contributed by atoms with van der Waals surface area (Å²) in [6.07, 6.45) is -4.18. The molecule has 6 N–H and O–H groups in total. The van der Waals surface area contributed by atoms with Crippen LogP contribution < -0.4 is 17.2 Å². The molecular formula is C12H13F3N4O2S. The molecule has 1 aromatic rings. The fraction of sp³-hybridized carbons (Fsp3) is 0.250. The number of nitrogens with zero attached hydrogens (tertiary/aromatic N) is 1. The van der Waals surface area contributed by atoms with Crippen molar-refractivity contribution in [1.29, 1.82) is 0 Å². The molecule has 1 aliphatic heterocycles. The van der Waals surface area contributed by atoms with E-state index in [1.165, 1.54) is 6.07 Å². The van der Waals surface area contributed by atoms with Crippen molar-refractivity contribution in [2.45, 2.75) is 17.8 Å².